The number of carbonyl (C=O) groups is 1. The normalized spacial score (nSPS) is 19.2. The van der Waals surface area contributed by atoms with Gasteiger partial charge in [-0.15, -0.1) is 0 Å². The summed E-state index contributed by atoms with van der Waals surface area (Å²) in [5, 5.41) is 3.30. The van der Waals surface area contributed by atoms with Crippen LogP contribution < -0.4 is 5.32 Å². The average molecular weight is 264 g/mol. The van der Waals surface area contributed by atoms with Crippen LogP contribution in [0, 0.1) is 0 Å². The monoisotopic (exact) mass is 264 g/mol. The van der Waals surface area contributed by atoms with Crippen molar-refractivity contribution < 1.29 is 14.3 Å². The number of esters is 1. The van der Waals surface area contributed by atoms with Crippen LogP contribution in [0.4, 0.5) is 5.69 Å². The van der Waals surface area contributed by atoms with E-state index in [9.17, 15) is 4.79 Å². The van der Waals surface area contributed by atoms with E-state index < -0.39 is 5.60 Å². The Balaban J connectivity index is 2.03. The molecule has 0 saturated carbocycles. The molecule has 1 aromatic heterocycles. The lowest BCUT2D eigenvalue weighted by molar-refractivity contribution is 0.00691. The highest BCUT2D eigenvalue weighted by Gasteiger charge is 2.19. The summed E-state index contributed by atoms with van der Waals surface area (Å²) >= 11 is 0. The molecule has 0 aliphatic carbocycles. The van der Waals surface area contributed by atoms with Crippen LogP contribution in [0.1, 0.15) is 37.6 Å². The van der Waals surface area contributed by atoms with Crippen molar-refractivity contribution in [3.05, 3.63) is 24.0 Å². The summed E-state index contributed by atoms with van der Waals surface area (Å²) in [7, 11) is 0. The number of anilines is 1. The molecule has 1 aromatic rings. The van der Waals surface area contributed by atoms with E-state index in [0.29, 0.717) is 12.2 Å². The molecule has 1 fully saturated rings. The molecule has 1 aliphatic heterocycles. The zero-order valence-electron chi connectivity index (χ0n) is 11.6. The minimum atomic E-state index is -0.500. The van der Waals surface area contributed by atoms with Gasteiger partial charge >= 0.3 is 5.97 Å². The third kappa shape index (κ3) is 4.21. The second kappa shape index (κ2) is 5.57. The molecular formula is C14H20N2O3. The molecule has 0 bridgehead atoms. The van der Waals surface area contributed by atoms with E-state index >= 15 is 0 Å². The fourth-order valence-corrected chi connectivity index (χ4v) is 1.85. The standard InChI is InChI=1S/C14H20N2O3/c1-14(2,3)19-13(17)10-6-12(8-15-7-10)16-11-4-5-18-9-11/h6-8,11,16H,4-5,9H2,1-3H3. The van der Waals surface area contributed by atoms with E-state index in [2.05, 4.69) is 10.3 Å². The Bertz CT molecular complexity index is 448. The van der Waals surface area contributed by atoms with Gasteiger partial charge in [-0.2, -0.15) is 0 Å². The Morgan fingerprint density at radius 2 is 2.26 bits per heavy atom. The third-order valence-corrected chi connectivity index (χ3v) is 2.67. The highest BCUT2D eigenvalue weighted by atomic mass is 16.6. The molecule has 0 amide bonds. The van der Waals surface area contributed by atoms with Crippen molar-refractivity contribution in [1.82, 2.24) is 4.98 Å². The van der Waals surface area contributed by atoms with Crippen LogP contribution in [0.3, 0.4) is 0 Å². The molecule has 104 valence electrons. The molecule has 19 heavy (non-hydrogen) atoms. The van der Waals surface area contributed by atoms with Crippen LogP contribution in [0.25, 0.3) is 0 Å². The number of nitrogens with one attached hydrogen (secondary N) is 1. The summed E-state index contributed by atoms with van der Waals surface area (Å²) in [6, 6.07) is 2.05. The van der Waals surface area contributed by atoms with E-state index in [0.717, 1.165) is 18.7 Å². The highest BCUT2D eigenvalue weighted by molar-refractivity contribution is 5.90. The average Bonchev–Trinajstić information content (AvgIpc) is 2.80. The second-order valence-electron chi connectivity index (χ2n) is 5.67. The molecule has 5 heteroatoms. The predicted molar refractivity (Wildman–Crippen MR) is 72.3 cm³/mol. The zero-order valence-corrected chi connectivity index (χ0v) is 11.6. The van der Waals surface area contributed by atoms with Crippen LogP contribution in [0.2, 0.25) is 0 Å². The summed E-state index contributed by atoms with van der Waals surface area (Å²) < 4.78 is 10.6. The van der Waals surface area contributed by atoms with E-state index in [1.165, 1.54) is 6.20 Å². The molecule has 1 saturated heterocycles. The first kappa shape index (κ1) is 13.8. The number of aromatic nitrogens is 1. The van der Waals surface area contributed by atoms with Crippen molar-refractivity contribution in [2.24, 2.45) is 0 Å². The molecular weight excluding hydrogens is 244 g/mol. The Morgan fingerprint density at radius 1 is 1.47 bits per heavy atom. The maximum Gasteiger partial charge on any atom is 0.340 e. The van der Waals surface area contributed by atoms with Crippen LogP contribution in [-0.2, 0) is 9.47 Å². The van der Waals surface area contributed by atoms with Crippen molar-refractivity contribution >= 4 is 11.7 Å². The van der Waals surface area contributed by atoms with Crippen molar-refractivity contribution in [2.75, 3.05) is 18.5 Å². The largest absolute Gasteiger partial charge is 0.456 e. The molecule has 1 unspecified atom stereocenters. The fourth-order valence-electron chi connectivity index (χ4n) is 1.85. The Labute approximate surface area is 113 Å². The quantitative estimate of drug-likeness (QED) is 0.848. The lowest BCUT2D eigenvalue weighted by atomic mass is 10.2. The molecule has 2 rings (SSSR count). The van der Waals surface area contributed by atoms with E-state index in [4.69, 9.17) is 9.47 Å². The van der Waals surface area contributed by atoms with Crippen LogP contribution in [0.15, 0.2) is 18.5 Å². The first-order valence-corrected chi connectivity index (χ1v) is 6.47. The van der Waals surface area contributed by atoms with Gasteiger partial charge < -0.3 is 14.8 Å². The number of nitrogens with zero attached hydrogens (tertiary/aromatic N) is 1. The maximum atomic E-state index is 11.9. The first-order valence-electron chi connectivity index (χ1n) is 6.47. The summed E-state index contributed by atoms with van der Waals surface area (Å²) in [5.41, 5.74) is 0.775. The molecule has 0 spiro atoms. The third-order valence-electron chi connectivity index (χ3n) is 2.67. The summed E-state index contributed by atoms with van der Waals surface area (Å²) in [6.07, 6.45) is 4.19. The lowest BCUT2D eigenvalue weighted by Gasteiger charge is -2.19. The number of hydrogen-bond donors (Lipinski definition) is 1. The summed E-state index contributed by atoms with van der Waals surface area (Å²) in [5.74, 6) is -0.355. The molecule has 2 heterocycles. The zero-order chi connectivity index (χ0) is 13.9. The van der Waals surface area contributed by atoms with Gasteiger partial charge in [-0.25, -0.2) is 4.79 Å². The predicted octanol–water partition coefficient (Wildman–Crippen LogP) is 2.24. The van der Waals surface area contributed by atoms with Gasteiger partial charge in [0.25, 0.3) is 0 Å². The summed E-state index contributed by atoms with van der Waals surface area (Å²) in [6.45, 7) is 7.00. The number of pyridine rings is 1. The molecule has 0 aromatic carbocycles. The Morgan fingerprint density at radius 3 is 2.89 bits per heavy atom. The van der Waals surface area contributed by atoms with Crippen molar-refractivity contribution in [1.29, 1.82) is 0 Å². The maximum absolute atomic E-state index is 11.9. The van der Waals surface area contributed by atoms with Crippen LogP contribution >= 0.6 is 0 Å². The Hall–Kier alpha value is -1.62. The first-order chi connectivity index (χ1) is 8.94. The van der Waals surface area contributed by atoms with Gasteiger partial charge in [-0.3, -0.25) is 4.98 Å². The minimum Gasteiger partial charge on any atom is -0.456 e. The van der Waals surface area contributed by atoms with E-state index in [-0.39, 0.29) is 12.0 Å². The number of carbonyl (C=O) groups excluding carboxylic acids is 1. The van der Waals surface area contributed by atoms with Crippen molar-refractivity contribution in [3.8, 4) is 0 Å². The van der Waals surface area contributed by atoms with Crippen LogP contribution in [0.5, 0.6) is 0 Å². The van der Waals surface area contributed by atoms with Crippen LogP contribution in [-0.4, -0.2) is 35.8 Å². The highest BCUT2D eigenvalue weighted by Crippen LogP contribution is 2.17. The van der Waals surface area contributed by atoms with Gasteiger partial charge in [0, 0.05) is 19.0 Å². The van der Waals surface area contributed by atoms with Gasteiger partial charge in [0.05, 0.1) is 23.9 Å². The van der Waals surface area contributed by atoms with Crippen molar-refractivity contribution in [2.45, 2.75) is 38.8 Å². The second-order valence-corrected chi connectivity index (χ2v) is 5.67. The molecule has 1 N–H and O–H groups in total. The fraction of sp³-hybridized carbons (Fsp3) is 0.571. The molecule has 1 aliphatic rings. The van der Waals surface area contributed by atoms with E-state index in [1.807, 2.05) is 20.8 Å². The van der Waals surface area contributed by atoms with Gasteiger partial charge in [0.2, 0.25) is 0 Å². The van der Waals surface area contributed by atoms with Gasteiger partial charge in [-0.05, 0) is 33.3 Å². The number of hydrogen-bond acceptors (Lipinski definition) is 5. The molecule has 1 atom stereocenters. The number of ether oxygens (including phenoxy) is 2. The Kier molecular flexibility index (Phi) is 4.04. The smallest absolute Gasteiger partial charge is 0.340 e. The molecule has 0 radical (unpaired) electrons. The lowest BCUT2D eigenvalue weighted by Crippen LogP contribution is -2.24. The number of rotatable bonds is 3. The topological polar surface area (TPSA) is 60.5 Å². The SMILES string of the molecule is CC(C)(C)OC(=O)c1cncc(NC2CCOC2)c1. The van der Waals surface area contributed by atoms with Gasteiger partial charge in [-0.1, -0.05) is 0 Å². The van der Waals surface area contributed by atoms with Crippen molar-refractivity contribution in [3.63, 3.8) is 0 Å². The summed E-state index contributed by atoms with van der Waals surface area (Å²) in [4.78, 5) is 16.0. The molecule has 5 nitrogen and oxygen atoms in total. The van der Waals surface area contributed by atoms with E-state index in [1.54, 1.807) is 12.3 Å². The minimum absolute atomic E-state index is 0.288. The van der Waals surface area contributed by atoms with Gasteiger partial charge in [0.1, 0.15) is 5.60 Å². The van der Waals surface area contributed by atoms with Gasteiger partial charge in [0.15, 0.2) is 0 Å².